The number of hydrogen-bond donors (Lipinski definition) is 3. The van der Waals surface area contributed by atoms with Gasteiger partial charge in [-0.2, -0.15) is 0 Å². The van der Waals surface area contributed by atoms with Crippen LogP contribution in [0.25, 0.3) is 0 Å². The molecule has 2 aliphatic rings. The molecule has 4 N–H and O–H groups in total. The number of nitrogen functional groups attached to an aromatic ring is 1. The second-order valence-corrected chi connectivity index (χ2v) is 7.56. The Hall–Kier alpha value is -1.26. The van der Waals surface area contributed by atoms with Crippen LogP contribution >= 0.6 is 0 Å². The molecule has 142 valence electrons. The van der Waals surface area contributed by atoms with E-state index in [4.69, 9.17) is 10.8 Å². The highest BCUT2D eigenvalue weighted by atomic mass is 16.2. The van der Waals surface area contributed by atoms with Crippen molar-refractivity contribution in [1.82, 2.24) is 4.90 Å². The van der Waals surface area contributed by atoms with Crippen LogP contribution in [0.3, 0.4) is 0 Å². The Bertz CT molecular complexity index is 490. The van der Waals surface area contributed by atoms with Crippen molar-refractivity contribution in [3.05, 3.63) is 23.8 Å². The number of likely N-dealkylation sites (tertiary alicyclic amines) is 1. The maximum absolute atomic E-state index is 7.88. The minimum absolute atomic E-state index is 0.319. The average Bonchev–Trinajstić information content (AvgIpc) is 2.66. The van der Waals surface area contributed by atoms with E-state index in [0.29, 0.717) is 12.6 Å². The first kappa shape index (κ1) is 20.1. The molecule has 4 heteroatoms. The van der Waals surface area contributed by atoms with Gasteiger partial charge in [0.25, 0.3) is 0 Å². The molecular formula is C21H37N3O. The second kappa shape index (κ2) is 10.7. The first-order chi connectivity index (χ1) is 12.1. The van der Waals surface area contributed by atoms with Crippen LogP contribution < -0.4 is 11.1 Å². The van der Waals surface area contributed by atoms with E-state index in [9.17, 15) is 0 Å². The largest absolute Gasteiger partial charge is 0.397 e. The van der Waals surface area contributed by atoms with E-state index in [1.54, 1.807) is 0 Å². The molecule has 1 aromatic rings. The molecule has 1 saturated carbocycles. The van der Waals surface area contributed by atoms with Gasteiger partial charge in [-0.15, -0.1) is 0 Å². The fraction of sp³-hybridized carbons (Fsp3) is 0.714. The van der Waals surface area contributed by atoms with Gasteiger partial charge in [-0.25, -0.2) is 0 Å². The number of benzene rings is 1. The summed E-state index contributed by atoms with van der Waals surface area (Å²) in [5.41, 5.74) is 9.34. The Morgan fingerprint density at radius 3 is 2.36 bits per heavy atom. The molecule has 1 saturated heterocycles. The number of piperidine rings is 1. The topological polar surface area (TPSA) is 61.5 Å². The summed E-state index contributed by atoms with van der Waals surface area (Å²) >= 11 is 0. The van der Waals surface area contributed by atoms with Gasteiger partial charge in [0.15, 0.2) is 0 Å². The average molecular weight is 348 g/mol. The van der Waals surface area contributed by atoms with Crippen LogP contribution in [0.2, 0.25) is 0 Å². The quantitative estimate of drug-likeness (QED) is 0.715. The maximum atomic E-state index is 7.88. The Labute approximate surface area is 153 Å². The molecule has 0 bridgehead atoms. The molecule has 25 heavy (non-hydrogen) atoms. The van der Waals surface area contributed by atoms with Gasteiger partial charge >= 0.3 is 0 Å². The van der Waals surface area contributed by atoms with E-state index in [2.05, 4.69) is 29.3 Å². The Morgan fingerprint density at radius 2 is 1.76 bits per heavy atom. The van der Waals surface area contributed by atoms with Crippen LogP contribution in [0.15, 0.2) is 18.2 Å². The first-order valence-electron chi connectivity index (χ1n) is 10.1. The highest BCUT2D eigenvalue weighted by Crippen LogP contribution is 2.27. The van der Waals surface area contributed by atoms with Crippen molar-refractivity contribution >= 4 is 11.4 Å². The molecular weight excluding hydrogens is 310 g/mol. The zero-order chi connectivity index (χ0) is 18.1. The normalized spacial score (nSPS) is 20.0. The Kier molecular flexibility index (Phi) is 8.56. The molecule has 0 aromatic heterocycles. The van der Waals surface area contributed by atoms with E-state index in [1.165, 1.54) is 63.6 Å². The molecule has 1 aliphatic carbocycles. The molecule has 1 aliphatic heterocycles. The number of hydrogen-bond acceptors (Lipinski definition) is 4. The third-order valence-corrected chi connectivity index (χ3v) is 5.41. The minimum atomic E-state index is 0.319. The number of nitrogens with zero attached hydrogens (tertiary/aromatic N) is 1. The van der Waals surface area contributed by atoms with Crippen molar-refractivity contribution in [1.29, 1.82) is 0 Å². The van der Waals surface area contributed by atoms with E-state index < -0.39 is 0 Å². The van der Waals surface area contributed by atoms with Gasteiger partial charge in [0, 0.05) is 31.8 Å². The Balaban J connectivity index is 0.000000511. The van der Waals surface area contributed by atoms with Crippen molar-refractivity contribution in [2.45, 2.75) is 77.3 Å². The number of aryl methyl sites for hydroxylation is 1. The smallest absolute Gasteiger partial charge is 0.0578 e. The third-order valence-electron chi connectivity index (χ3n) is 5.41. The lowest BCUT2D eigenvalue weighted by atomic mass is 9.92. The maximum Gasteiger partial charge on any atom is 0.0578 e. The van der Waals surface area contributed by atoms with Crippen LogP contribution in [0.1, 0.15) is 63.9 Å². The lowest BCUT2D eigenvalue weighted by molar-refractivity contribution is 0.126. The van der Waals surface area contributed by atoms with Crippen LogP contribution in [-0.4, -0.2) is 41.8 Å². The highest BCUT2D eigenvalue weighted by molar-refractivity contribution is 5.67. The molecule has 4 nitrogen and oxygen atoms in total. The second-order valence-electron chi connectivity index (χ2n) is 7.56. The first-order valence-corrected chi connectivity index (χ1v) is 10.1. The monoisotopic (exact) mass is 347 g/mol. The van der Waals surface area contributed by atoms with Crippen molar-refractivity contribution in [3.63, 3.8) is 0 Å². The SMILES string of the molecule is CCCO.Cc1ccc(N)c(NC2CCN(C3CCCCC3)CC2)c1. The highest BCUT2D eigenvalue weighted by Gasteiger charge is 2.26. The lowest BCUT2D eigenvalue weighted by Gasteiger charge is -2.39. The summed E-state index contributed by atoms with van der Waals surface area (Å²) < 4.78 is 0. The number of aliphatic hydroxyl groups is 1. The summed E-state index contributed by atoms with van der Waals surface area (Å²) in [7, 11) is 0. The van der Waals surface area contributed by atoms with Gasteiger partial charge in [-0.05, 0) is 56.7 Å². The lowest BCUT2D eigenvalue weighted by Crippen LogP contribution is -2.45. The molecule has 1 heterocycles. The number of aliphatic hydroxyl groups excluding tert-OH is 1. The van der Waals surface area contributed by atoms with Crippen molar-refractivity contribution in [2.24, 2.45) is 0 Å². The van der Waals surface area contributed by atoms with Crippen LogP contribution in [-0.2, 0) is 0 Å². The summed E-state index contributed by atoms with van der Waals surface area (Å²) in [6.45, 7) is 6.86. The summed E-state index contributed by atoms with van der Waals surface area (Å²) in [6.07, 6.45) is 10.5. The Morgan fingerprint density at radius 1 is 1.12 bits per heavy atom. The fourth-order valence-electron chi connectivity index (χ4n) is 3.87. The molecule has 2 fully saturated rings. The molecule has 1 aromatic carbocycles. The minimum Gasteiger partial charge on any atom is -0.397 e. The van der Waals surface area contributed by atoms with Crippen molar-refractivity contribution in [3.8, 4) is 0 Å². The molecule has 0 unspecified atom stereocenters. The van der Waals surface area contributed by atoms with E-state index in [-0.39, 0.29) is 0 Å². The predicted octanol–water partition coefficient (Wildman–Crippen LogP) is 4.17. The van der Waals surface area contributed by atoms with Gasteiger partial charge in [0.1, 0.15) is 0 Å². The predicted molar refractivity (Wildman–Crippen MR) is 108 cm³/mol. The molecule has 0 radical (unpaired) electrons. The van der Waals surface area contributed by atoms with Crippen molar-refractivity contribution < 1.29 is 5.11 Å². The molecule has 0 spiro atoms. The van der Waals surface area contributed by atoms with E-state index in [0.717, 1.165) is 23.8 Å². The van der Waals surface area contributed by atoms with Crippen molar-refractivity contribution in [2.75, 3.05) is 30.7 Å². The molecule has 3 rings (SSSR count). The van der Waals surface area contributed by atoms with Gasteiger partial charge in [0.05, 0.1) is 11.4 Å². The summed E-state index contributed by atoms with van der Waals surface area (Å²) in [6, 6.07) is 7.70. The summed E-state index contributed by atoms with van der Waals surface area (Å²) in [5.74, 6) is 0. The van der Waals surface area contributed by atoms with Crippen LogP contribution in [0, 0.1) is 6.92 Å². The van der Waals surface area contributed by atoms with E-state index in [1.807, 2.05) is 13.0 Å². The molecule has 0 atom stereocenters. The number of anilines is 2. The number of nitrogens with two attached hydrogens (primary N) is 1. The van der Waals surface area contributed by atoms with Gasteiger partial charge in [0.2, 0.25) is 0 Å². The zero-order valence-corrected chi connectivity index (χ0v) is 16.1. The number of nitrogens with one attached hydrogen (secondary N) is 1. The fourth-order valence-corrected chi connectivity index (χ4v) is 3.87. The van der Waals surface area contributed by atoms with Crippen LogP contribution in [0.4, 0.5) is 11.4 Å². The van der Waals surface area contributed by atoms with Gasteiger partial charge in [-0.1, -0.05) is 32.3 Å². The van der Waals surface area contributed by atoms with E-state index >= 15 is 0 Å². The van der Waals surface area contributed by atoms with Gasteiger partial charge in [-0.3, -0.25) is 0 Å². The van der Waals surface area contributed by atoms with Crippen LogP contribution in [0.5, 0.6) is 0 Å². The zero-order valence-electron chi connectivity index (χ0n) is 16.1. The summed E-state index contributed by atoms with van der Waals surface area (Å²) in [5, 5.41) is 11.5. The molecule has 0 amide bonds. The number of rotatable bonds is 4. The summed E-state index contributed by atoms with van der Waals surface area (Å²) in [4.78, 5) is 2.73. The standard InChI is InChI=1S/C18H29N3.C3H8O/c1-14-7-8-17(19)18(13-14)20-15-9-11-21(12-10-15)16-5-3-2-4-6-16;1-2-3-4/h7-8,13,15-16,20H,2-6,9-12,19H2,1H3;4H,2-3H2,1H3. The van der Waals surface area contributed by atoms with Gasteiger partial charge < -0.3 is 21.1 Å². The third kappa shape index (κ3) is 6.52.